The lowest BCUT2D eigenvalue weighted by Crippen LogP contribution is -2.40. The van der Waals surface area contributed by atoms with Crippen LogP contribution in [0.3, 0.4) is 0 Å². The van der Waals surface area contributed by atoms with Crippen LogP contribution in [0.2, 0.25) is 0 Å². The predicted octanol–water partition coefficient (Wildman–Crippen LogP) is 4.45. The van der Waals surface area contributed by atoms with E-state index < -0.39 is 0 Å². The number of hydrogen-bond acceptors (Lipinski definition) is 3. The van der Waals surface area contributed by atoms with Crippen molar-refractivity contribution in [1.29, 1.82) is 5.26 Å². The van der Waals surface area contributed by atoms with Crippen molar-refractivity contribution < 1.29 is 9.59 Å². The average molecular weight is 427 g/mol. The Hall–Kier alpha value is -3.85. The number of aromatic nitrogens is 1. The number of amides is 2. The molecule has 0 bridgehead atoms. The standard InChI is InChI=1S/C26H26N4O2/c27-15-6-16-30-19-21(23-9-4-5-10-24(23)30)11-12-25(31)29-17-13-20(14-18-29)26(32)28-22-7-2-1-3-8-22/h1-5,7-12,19-20H,6,13-14,16-18H2,(H,28,32)/b12-11+. The van der Waals surface area contributed by atoms with Crippen LogP contribution in [0.1, 0.15) is 24.8 Å². The third-order valence-electron chi connectivity index (χ3n) is 5.91. The van der Waals surface area contributed by atoms with Gasteiger partial charge >= 0.3 is 0 Å². The van der Waals surface area contributed by atoms with Gasteiger partial charge < -0.3 is 14.8 Å². The molecule has 0 unspecified atom stereocenters. The fraction of sp³-hybridized carbons (Fsp3) is 0.269. The first-order chi connectivity index (χ1) is 15.7. The van der Waals surface area contributed by atoms with Crippen LogP contribution in [0.4, 0.5) is 5.69 Å². The Kier molecular flexibility index (Phi) is 6.66. The lowest BCUT2D eigenvalue weighted by molar-refractivity contribution is -0.130. The Morgan fingerprint density at radius 1 is 1.06 bits per heavy atom. The number of piperidine rings is 1. The first kappa shape index (κ1) is 21.4. The number of aryl methyl sites for hydroxylation is 1. The second-order valence-electron chi connectivity index (χ2n) is 7.99. The largest absolute Gasteiger partial charge is 0.346 e. The average Bonchev–Trinajstić information content (AvgIpc) is 3.19. The molecule has 6 nitrogen and oxygen atoms in total. The summed E-state index contributed by atoms with van der Waals surface area (Å²) in [6.07, 6.45) is 7.21. The first-order valence-corrected chi connectivity index (χ1v) is 10.9. The molecule has 1 fully saturated rings. The highest BCUT2D eigenvalue weighted by Gasteiger charge is 2.26. The van der Waals surface area contributed by atoms with Gasteiger partial charge in [-0.1, -0.05) is 36.4 Å². The van der Waals surface area contributed by atoms with Crippen LogP contribution in [0.25, 0.3) is 17.0 Å². The Morgan fingerprint density at radius 2 is 1.78 bits per heavy atom. The van der Waals surface area contributed by atoms with Gasteiger partial charge in [-0.25, -0.2) is 0 Å². The molecular formula is C26H26N4O2. The van der Waals surface area contributed by atoms with Crippen molar-refractivity contribution in [3.8, 4) is 6.07 Å². The smallest absolute Gasteiger partial charge is 0.246 e. The number of benzene rings is 2. The fourth-order valence-corrected chi connectivity index (χ4v) is 4.16. The lowest BCUT2D eigenvalue weighted by Gasteiger charge is -2.30. The van der Waals surface area contributed by atoms with E-state index in [0.717, 1.165) is 22.2 Å². The van der Waals surface area contributed by atoms with Crippen LogP contribution in [-0.2, 0) is 16.1 Å². The van der Waals surface area contributed by atoms with Crippen LogP contribution in [0.15, 0.2) is 66.9 Å². The zero-order chi connectivity index (χ0) is 22.3. The molecule has 1 aliphatic rings. The van der Waals surface area contributed by atoms with E-state index in [9.17, 15) is 9.59 Å². The fourth-order valence-electron chi connectivity index (χ4n) is 4.16. The minimum atomic E-state index is -0.0821. The molecule has 0 aliphatic carbocycles. The van der Waals surface area contributed by atoms with Gasteiger partial charge in [-0.05, 0) is 37.1 Å². The second kappa shape index (κ2) is 9.97. The molecule has 2 aromatic carbocycles. The van der Waals surface area contributed by atoms with E-state index in [0.29, 0.717) is 38.9 Å². The number of rotatable bonds is 6. The minimum absolute atomic E-state index is 0.0176. The molecule has 2 amide bonds. The van der Waals surface area contributed by atoms with Gasteiger partial charge in [0.25, 0.3) is 0 Å². The Morgan fingerprint density at radius 3 is 2.53 bits per heavy atom. The van der Waals surface area contributed by atoms with E-state index >= 15 is 0 Å². The third-order valence-corrected chi connectivity index (χ3v) is 5.91. The maximum absolute atomic E-state index is 12.7. The zero-order valence-electron chi connectivity index (χ0n) is 17.9. The molecule has 162 valence electrons. The summed E-state index contributed by atoms with van der Waals surface area (Å²) in [5, 5.41) is 12.9. The second-order valence-corrected chi connectivity index (χ2v) is 7.99. The molecule has 1 saturated heterocycles. The molecule has 4 rings (SSSR count). The van der Waals surface area contributed by atoms with Crippen molar-refractivity contribution in [2.45, 2.75) is 25.8 Å². The van der Waals surface area contributed by atoms with Crippen LogP contribution < -0.4 is 5.32 Å². The molecule has 0 radical (unpaired) electrons. The lowest BCUT2D eigenvalue weighted by atomic mass is 9.95. The van der Waals surface area contributed by atoms with Crippen molar-refractivity contribution in [1.82, 2.24) is 9.47 Å². The molecule has 2 heterocycles. The van der Waals surface area contributed by atoms with E-state index in [-0.39, 0.29) is 17.7 Å². The topological polar surface area (TPSA) is 78.1 Å². The number of nitriles is 1. The zero-order valence-corrected chi connectivity index (χ0v) is 17.9. The summed E-state index contributed by atoms with van der Waals surface area (Å²) >= 11 is 0. The summed E-state index contributed by atoms with van der Waals surface area (Å²) in [5.74, 6) is -0.105. The molecule has 6 heteroatoms. The maximum Gasteiger partial charge on any atom is 0.246 e. The quantitative estimate of drug-likeness (QED) is 0.592. The van der Waals surface area contributed by atoms with Gasteiger partial charge in [0.1, 0.15) is 0 Å². The number of nitrogens with one attached hydrogen (secondary N) is 1. The Labute approximate surface area is 187 Å². The monoisotopic (exact) mass is 426 g/mol. The highest BCUT2D eigenvalue weighted by Crippen LogP contribution is 2.24. The van der Waals surface area contributed by atoms with Gasteiger partial charge in [0.2, 0.25) is 11.8 Å². The highest BCUT2D eigenvalue weighted by molar-refractivity contribution is 5.97. The van der Waals surface area contributed by atoms with E-state index in [1.807, 2.05) is 66.9 Å². The first-order valence-electron chi connectivity index (χ1n) is 10.9. The normalized spacial score (nSPS) is 14.5. The number of carbonyl (C=O) groups excluding carboxylic acids is 2. The number of carbonyl (C=O) groups is 2. The van der Waals surface area contributed by atoms with Crippen LogP contribution in [-0.4, -0.2) is 34.4 Å². The molecule has 0 atom stereocenters. The third kappa shape index (κ3) is 4.89. The van der Waals surface area contributed by atoms with Gasteiger partial charge in [-0.15, -0.1) is 0 Å². The highest BCUT2D eigenvalue weighted by atomic mass is 16.2. The summed E-state index contributed by atoms with van der Waals surface area (Å²) in [5.41, 5.74) is 2.82. The SMILES string of the molecule is N#CCCn1cc(/C=C/C(=O)N2CCC(C(=O)Nc3ccccc3)CC2)c2ccccc21. The molecule has 3 aromatic rings. The molecule has 1 aliphatic heterocycles. The molecule has 0 saturated carbocycles. The number of para-hydroxylation sites is 2. The van der Waals surface area contributed by atoms with Crippen LogP contribution in [0, 0.1) is 17.2 Å². The van der Waals surface area contributed by atoms with Gasteiger partial charge in [0.15, 0.2) is 0 Å². The molecular weight excluding hydrogens is 400 g/mol. The summed E-state index contributed by atoms with van der Waals surface area (Å²) in [4.78, 5) is 27.1. The van der Waals surface area contributed by atoms with Crippen molar-refractivity contribution in [3.63, 3.8) is 0 Å². The minimum Gasteiger partial charge on any atom is -0.346 e. The summed E-state index contributed by atoms with van der Waals surface area (Å²) in [6, 6.07) is 19.6. The number of likely N-dealkylation sites (tertiary alicyclic amines) is 1. The van der Waals surface area contributed by atoms with Crippen molar-refractivity contribution in [2.75, 3.05) is 18.4 Å². The molecule has 32 heavy (non-hydrogen) atoms. The molecule has 1 N–H and O–H groups in total. The summed E-state index contributed by atoms with van der Waals surface area (Å²) in [6.45, 7) is 1.76. The van der Waals surface area contributed by atoms with Crippen molar-refractivity contribution in [3.05, 3.63) is 72.4 Å². The Balaban J connectivity index is 1.36. The van der Waals surface area contributed by atoms with Gasteiger partial charge in [-0.3, -0.25) is 9.59 Å². The van der Waals surface area contributed by atoms with E-state index in [1.54, 1.807) is 11.0 Å². The molecule has 0 spiro atoms. The van der Waals surface area contributed by atoms with Crippen molar-refractivity contribution in [2.24, 2.45) is 5.92 Å². The predicted molar refractivity (Wildman–Crippen MR) is 126 cm³/mol. The van der Waals surface area contributed by atoms with Gasteiger partial charge in [0.05, 0.1) is 12.5 Å². The number of hydrogen-bond donors (Lipinski definition) is 1. The van der Waals surface area contributed by atoms with Crippen molar-refractivity contribution >= 4 is 34.5 Å². The van der Waals surface area contributed by atoms with E-state index in [2.05, 4.69) is 16.0 Å². The van der Waals surface area contributed by atoms with E-state index in [4.69, 9.17) is 5.26 Å². The van der Waals surface area contributed by atoms with Crippen LogP contribution in [0.5, 0.6) is 0 Å². The Bertz CT molecular complexity index is 1170. The molecule has 1 aromatic heterocycles. The summed E-state index contributed by atoms with van der Waals surface area (Å²) in [7, 11) is 0. The number of anilines is 1. The maximum atomic E-state index is 12.7. The number of nitrogens with zero attached hydrogens (tertiary/aromatic N) is 3. The van der Waals surface area contributed by atoms with Gasteiger partial charge in [0, 0.05) is 60.0 Å². The summed E-state index contributed by atoms with van der Waals surface area (Å²) < 4.78 is 2.06. The van der Waals surface area contributed by atoms with Gasteiger partial charge in [-0.2, -0.15) is 5.26 Å². The van der Waals surface area contributed by atoms with E-state index in [1.165, 1.54) is 0 Å². The number of fused-ring (bicyclic) bond motifs is 1. The van der Waals surface area contributed by atoms with Crippen LogP contribution >= 0.6 is 0 Å².